The number of nitrogens with zero attached hydrogens (tertiary/aromatic N) is 5. The van der Waals surface area contributed by atoms with Crippen molar-refractivity contribution in [3.8, 4) is 0 Å². The number of hydrogen-bond donors (Lipinski definition) is 0. The van der Waals surface area contributed by atoms with Crippen LogP contribution in [0, 0.1) is 0 Å². The monoisotopic (exact) mass is 413 g/mol. The summed E-state index contributed by atoms with van der Waals surface area (Å²) in [6.07, 6.45) is 4.91. The molecule has 10 heteroatoms. The van der Waals surface area contributed by atoms with E-state index in [0.29, 0.717) is 39.0 Å². The number of likely N-dealkylation sites (tertiary alicyclic amines) is 1. The maximum Gasteiger partial charge on any atom is 0.249 e. The van der Waals surface area contributed by atoms with E-state index in [1.807, 2.05) is 16.4 Å². The second kappa shape index (κ2) is 9.32. The van der Waals surface area contributed by atoms with Gasteiger partial charge >= 0.3 is 0 Å². The standard InChI is InChI=1S/C18H31N5O4S/c1-3-4-13-28(25,26)21-10-8-16-19-20-18(23(16)12-11-21)15-7-5-6-9-22(15)17(24)14-27-2/h15H,3-14H2,1-2H3. The summed E-state index contributed by atoms with van der Waals surface area (Å²) in [5.41, 5.74) is 0. The number of ether oxygens (including phenoxy) is 1. The fourth-order valence-corrected chi connectivity index (χ4v) is 5.65. The van der Waals surface area contributed by atoms with E-state index in [4.69, 9.17) is 4.74 Å². The van der Waals surface area contributed by atoms with Crippen LogP contribution in [0.5, 0.6) is 0 Å². The van der Waals surface area contributed by atoms with Crippen LogP contribution in [0.4, 0.5) is 0 Å². The minimum Gasteiger partial charge on any atom is -0.375 e. The smallest absolute Gasteiger partial charge is 0.249 e. The van der Waals surface area contributed by atoms with E-state index >= 15 is 0 Å². The summed E-state index contributed by atoms with van der Waals surface area (Å²) in [4.78, 5) is 14.3. The molecule has 2 aliphatic rings. The number of piperidine rings is 1. The molecule has 0 radical (unpaired) electrons. The molecule has 2 aliphatic heterocycles. The van der Waals surface area contributed by atoms with Crippen molar-refractivity contribution in [2.45, 2.75) is 58.0 Å². The molecule has 1 atom stereocenters. The first-order valence-corrected chi connectivity index (χ1v) is 11.8. The Kier molecular flexibility index (Phi) is 7.05. The van der Waals surface area contributed by atoms with Crippen molar-refractivity contribution in [1.29, 1.82) is 0 Å². The highest BCUT2D eigenvalue weighted by atomic mass is 32.2. The zero-order valence-corrected chi connectivity index (χ0v) is 17.7. The lowest BCUT2D eigenvalue weighted by atomic mass is 10.0. The van der Waals surface area contributed by atoms with E-state index in [1.54, 1.807) is 4.31 Å². The first-order chi connectivity index (χ1) is 13.5. The predicted molar refractivity (Wildman–Crippen MR) is 104 cm³/mol. The van der Waals surface area contributed by atoms with E-state index in [1.165, 1.54) is 7.11 Å². The zero-order valence-electron chi connectivity index (χ0n) is 16.8. The molecule has 0 spiro atoms. The Balaban J connectivity index is 1.78. The van der Waals surface area contributed by atoms with Crippen molar-refractivity contribution >= 4 is 15.9 Å². The zero-order chi connectivity index (χ0) is 20.1. The average Bonchev–Trinajstić information content (AvgIpc) is 2.96. The number of amides is 1. The Morgan fingerprint density at radius 1 is 1.18 bits per heavy atom. The second-order valence-electron chi connectivity index (χ2n) is 7.48. The van der Waals surface area contributed by atoms with Crippen molar-refractivity contribution in [3.63, 3.8) is 0 Å². The summed E-state index contributed by atoms with van der Waals surface area (Å²) < 4.78 is 33.8. The molecule has 1 saturated heterocycles. The Morgan fingerprint density at radius 2 is 2.00 bits per heavy atom. The molecule has 0 aromatic carbocycles. The molecule has 0 saturated carbocycles. The Hall–Kier alpha value is -1.52. The van der Waals surface area contributed by atoms with Crippen molar-refractivity contribution in [2.75, 3.05) is 39.1 Å². The van der Waals surface area contributed by atoms with Gasteiger partial charge in [0.15, 0.2) is 5.82 Å². The van der Waals surface area contributed by atoms with E-state index < -0.39 is 10.0 Å². The van der Waals surface area contributed by atoms with E-state index in [0.717, 1.165) is 37.3 Å². The third-order valence-electron chi connectivity index (χ3n) is 5.55. The average molecular weight is 414 g/mol. The van der Waals surface area contributed by atoms with Crippen molar-refractivity contribution in [3.05, 3.63) is 11.6 Å². The van der Waals surface area contributed by atoms with Gasteiger partial charge in [0.1, 0.15) is 12.4 Å². The molecule has 3 rings (SSSR count). The number of methoxy groups -OCH3 is 1. The van der Waals surface area contributed by atoms with Crippen LogP contribution in [-0.2, 0) is 32.5 Å². The summed E-state index contributed by atoms with van der Waals surface area (Å²) in [7, 11) is -1.72. The molecule has 28 heavy (non-hydrogen) atoms. The molecule has 0 aliphatic carbocycles. The highest BCUT2D eigenvalue weighted by Gasteiger charge is 2.34. The molecule has 1 aromatic heterocycles. The van der Waals surface area contributed by atoms with Crippen LogP contribution in [0.3, 0.4) is 0 Å². The number of fused-ring (bicyclic) bond motifs is 1. The minimum atomic E-state index is -3.24. The van der Waals surface area contributed by atoms with Gasteiger partial charge in [-0.2, -0.15) is 4.31 Å². The van der Waals surface area contributed by atoms with Gasteiger partial charge in [-0.1, -0.05) is 13.3 Å². The SMILES string of the molecule is CCCCS(=O)(=O)N1CCc2nnc(C3CCCCN3C(=O)COC)n2CC1. The van der Waals surface area contributed by atoms with Crippen molar-refractivity contribution in [1.82, 2.24) is 24.0 Å². The Bertz CT molecular complexity index is 779. The maximum absolute atomic E-state index is 12.6. The van der Waals surface area contributed by atoms with Crippen LogP contribution in [0.1, 0.15) is 56.7 Å². The van der Waals surface area contributed by atoms with Gasteiger partial charge in [-0.3, -0.25) is 4.79 Å². The lowest BCUT2D eigenvalue weighted by Gasteiger charge is -2.35. The van der Waals surface area contributed by atoms with Gasteiger partial charge in [0.25, 0.3) is 0 Å². The van der Waals surface area contributed by atoms with Crippen LogP contribution in [0.2, 0.25) is 0 Å². The quantitative estimate of drug-likeness (QED) is 0.661. The summed E-state index contributed by atoms with van der Waals surface area (Å²) in [5.74, 6) is 1.72. The molecule has 0 N–H and O–H groups in total. The highest BCUT2D eigenvalue weighted by Crippen LogP contribution is 2.31. The van der Waals surface area contributed by atoms with Gasteiger partial charge in [-0.25, -0.2) is 8.42 Å². The fourth-order valence-electron chi connectivity index (χ4n) is 4.01. The van der Waals surface area contributed by atoms with Gasteiger partial charge in [0.05, 0.1) is 11.8 Å². The number of carbonyl (C=O) groups excluding carboxylic acids is 1. The summed E-state index contributed by atoms with van der Waals surface area (Å²) in [6, 6.07) is -0.124. The predicted octanol–water partition coefficient (Wildman–Crippen LogP) is 0.966. The number of rotatable bonds is 7. The molecule has 1 amide bonds. The molecule has 158 valence electrons. The van der Waals surface area contributed by atoms with Crippen LogP contribution < -0.4 is 0 Å². The lowest BCUT2D eigenvalue weighted by Crippen LogP contribution is -2.41. The van der Waals surface area contributed by atoms with Crippen LogP contribution in [-0.4, -0.2) is 77.4 Å². The van der Waals surface area contributed by atoms with E-state index in [-0.39, 0.29) is 24.3 Å². The van der Waals surface area contributed by atoms with Crippen LogP contribution >= 0.6 is 0 Å². The number of carbonyl (C=O) groups is 1. The minimum absolute atomic E-state index is 0.0399. The molecule has 1 fully saturated rings. The van der Waals surface area contributed by atoms with Gasteiger partial charge in [0, 0.05) is 39.7 Å². The lowest BCUT2D eigenvalue weighted by molar-refractivity contribution is -0.139. The van der Waals surface area contributed by atoms with Crippen LogP contribution in [0.15, 0.2) is 0 Å². The summed E-state index contributed by atoms with van der Waals surface area (Å²) >= 11 is 0. The Labute approximate surface area is 167 Å². The number of aromatic nitrogens is 3. The van der Waals surface area contributed by atoms with Gasteiger partial charge in [0.2, 0.25) is 15.9 Å². The number of sulfonamides is 1. The molecular formula is C18H31N5O4S. The summed E-state index contributed by atoms with van der Waals surface area (Å²) in [6.45, 7) is 4.11. The topological polar surface area (TPSA) is 97.6 Å². The number of hydrogen-bond acceptors (Lipinski definition) is 6. The molecule has 1 unspecified atom stereocenters. The molecular weight excluding hydrogens is 382 g/mol. The molecule has 9 nitrogen and oxygen atoms in total. The van der Waals surface area contributed by atoms with Crippen molar-refractivity contribution in [2.24, 2.45) is 0 Å². The largest absolute Gasteiger partial charge is 0.375 e. The van der Waals surface area contributed by atoms with E-state index in [2.05, 4.69) is 10.2 Å². The number of unbranched alkanes of at least 4 members (excludes halogenated alkanes) is 1. The summed E-state index contributed by atoms with van der Waals surface area (Å²) in [5, 5.41) is 8.74. The fraction of sp³-hybridized carbons (Fsp3) is 0.833. The molecule has 1 aromatic rings. The second-order valence-corrected chi connectivity index (χ2v) is 9.56. The molecule has 3 heterocycles. The maximum atomic E-state index is 12.6. The van der Waals surface area contributed by atoms with Crippen LogP contribution in [0.25, 0.3) is 0 Å². The van der Waals surface area contributed by atoms with Gasteiger partial charge < -0.3 is 14.2 Å². The normalized spacial score (nSPS) is 21.4. The third kappa shape index (κ3) is 4.55. The van der Waals surface area contributed by atoms with Crippen molar-refractivity contribution < 1.29 is 17.9 Å². The third-order valence-corrected chi connectivity index (χ3v) is 7.51. The van der Waals surface area contributed by atoms with E-state index in [9.17, 15) is 13.2 Å². The molecule has 0 bridgehead atoms. The Morgan fingerprint density at radius 3 is 2.75 bits per heavy atom. The first-order valence-electron chi connectivity index (χ1n) is 10.2. The highest BCUT2D eigenvalue weighted by molar-refractivity contribution is 7.89. The van der Waals surface area contributed by atoms with Gasteiger partial charge in [-0.05, 0) is 25.7 Å². The van der Waals surface area contributed by atoms with Gasteiger partial charge in [-0.15, -0.1) is 10.2 Å². The first kappa shape index (κ1) is 21.2.